The summed E-state index contributed by atoms with van der Waals surface area (Å²) in [5.41, 5.74) is 0. The van der Waals surface area contributed by atoms with Crippen LogP contribution in [0.4, 0.5) is 0 Å². The third-order valence-corrected chi connectivity index (χ3v) is 3.21. The lowest BCUT2D eigenvalue weighted by Gasteiger charge is -2.23. The normalized spacial score (nSPS) is 21.2. The van der Waals surface area contributed by atoms with Gasteiger partial charge in [-0.3, -0.25) is 0 Å². The van der Waals surface area contributed by atoms with E-state index in [4.69, 9.17) is 4.74 Å². The predicted molar refractivity (Wildman–Crippen MR) is 68.9 cm³/mol. The first-order valence-corrected chi connectivity index (χ1v) is 6.90. The Morgan fingerprint density at radius 1 is 1.12 bits per heavy atom. The van der Waals surface area contributed by atoms with E-state index < -0.39 is 0 Å². The van der Waals surface area contributed by atoms with Crippen molar-refractivity contribution in [3.05, 3.63) is 0 Å². The Morgan fingerprint density at radius 2 is 1.88 bits per heavy atom. The van der Waals surface area contributed by atoms with Gasteiger partial charge in [0.25, 0.3) is 0 Å². The molecule has 1 unspecified atom stereocenters. The van der Waals surface area contributed by atoms with Crippen LogP contribution in [0.1, 0.15) is 44.9 Å². The fourth-order valence-electron chi connectivity index (χ4n) is 2.19. The van der Waals surface area contributed by atoms with E-state index in [0.29, 0.717) is 6.10 Å². The van der Waals surface area contributed by atoms with E-state index >= 15 is 0 Å². The van der Waals surface area contributed by atoms with Crippen LogP contribution in [0.5, 0.6) is 0 Å². The van der Waals surface area contributed by atoms with Crippen molar-refractivity contribution in [1.29, 1.82) is 0 Å². The van der Waals surface area contributed by atoms with E-state index in [1.807, 2.05) is 7.05 Å². The maximum Gasteiger partial charge on any atom is 0.0700 e. The zero-order valence-corrected chi connectivity index (χ0v) is 10.8. The van der Waals surface area contributed by atoms with Crippen molar-refractivity contribution in [2.75, 3.05) is 33.3 Å². The van der Waals surface area contributed by atoms with Crippen molar-refractivity contribution in [2.45, 2.75) is 51.0 Å². The predicted octanol–water partition coefficient (Wildman–Crippen LogP) is 1.92. The van der Waals surface area contributed by atoms with Crippen molar-refractivity contribution in [3.63, 3.8) is 0 Å². The lowest BCUT2D eigenvalue weighted by atomic mass is 10.1. The summed E-state index contributed by atoms with van der Waals surface area (Å²) < 4.78 is 5.67. The van der Waals surface area contributed by atoms with Gasteiger partial charge in [-0.25, -0.2) is 0 Å². The average molecular weight is 228 g/mol. The van der Waals surface area contributed by atoms with Gasteiger partial charge in [0.05, 0.1) is 12.7 Å². The number of hydrogen-bond donors (Lipinski definition) is 2. The molecule has 1 rings (SSSR count). The molecule has 0 aliphatic carbocycles. The Morgan fingerprint density at radius 3 is 2.56 bits per heavy atom. The van der Waals surface area contributed by atoms with Crippen LogP contribution in [0, 0.1) is 0 Å². The highest BCUT2D eigenvalue weighted by Gasteiger charge is 2.11. The Bertz CT molecular complexity index is 147. The van der Waals surface area contributed by atoms with Gasteiger partial charge < -0.3 is 15.4 Å². The van der Waals surface area contributed by atoms with Gasteiger partial charge >= 0.3 is 0 Å². The number of unbranched alkanes of at least 4 members (excludes halogenated alkanes) is 5. The SMILES string of the molecule is CNCCCCCCCCC1CNCCO1. The Labute approximate surface area is 100 Å². The lowest BCUT2D eigenvalue weighted by Crippen LogP contribution is -2.38. The van der Waals surface area contributed by atoms with Gasteiger partial charge in [0.15, 0.2) is 0 Å². The molecule has 1 saturated heterocycles. The summed E-state index contributed by atoms with van der Waals surface area (Å²) >= 11 is 0. The van der Waals surface area contributed by atoms with Crippen LogP contribution in [-0.4, -0.2) is 39.4 Å². The highest BCUT2D eigenvalue weighted by molar-refractivity contribution is 4.66. The lowest BCUT2D eigenvalue weighted by molar-refractivity contribution is 0.0220. The number of ether oxygens (including phenoxy) is 1. The van der Waals surface area contributed by atoms with E-state index in [9.17, 15) is 0 Å². The highest BCUT2D eigenvalue weighted by Crippen LogP contribution is 2.11. The molecule has 1 aliphatic heterocycles. The fourth-order valence-corrected chi connectivity index (χ4v) is 2.19. The molecule has 1 atom stereocenters. The summed E-state index contributed by atoms with van der Waals surface area (Å²) in [5, 5.41) is 6.57. The zero-order chi connectivity index (χ0) is 11.5. The van der Waals surface area contributed by atoms with Crippen molar-refractivity contribution in [1.82, 2.24) is 10.6 Å². The van der Waals surface area contributed by atoms with E-state index in [1.54, 1.807) is 0 Å². The second-order valence-corrected chi connectivity index (χ2v) is 4.71. The maximum absolute atomic E-state index is 5.67. The molecule has 1 heterocycles. The Hall–Kier alpha value is -0.120. The molecule has 3 heteroatoms. The van der Waals surface area contributed by atoms with Crippen LogP contribution in [0.25, 0.3) is 0 Å². The molecule has 0 aromatic heterocycles. The molecule has 0 bridgehead atoms. The molecular weight excluding hydrogens is 200 g/mol. The molecule has 0 spiro atoms. The van der Waals surface area contributed by atoms with Crippen molar-refractivity contribution >= 4 is 0 Å². The van der Waals surface area contributed by atoms with Gasteiger partial charge in [-0.05, 0) is 26.4 Å². The van der Waals surface area contributed by atoms with Gasteiger partial charge in [-0.2, -0.15) is 0 Å². The minimum absolute atomic E-state index is 0.484. The third kappa shape index (κ3) is 7.20. The summed E-state index contributed by atoms with van der Waals surface area (Å²) in [5.74, 6) is 0. The molecule has 0 amide bonds. The zero-order valence-electron chi connectivity index (χ0n) is 10.8. The van der Waals surface area contributed by atoms with Crippen LogP contribution < -0.4 is 10.6 Å². The van der Waals surface area contributed by atoms with Gasteiger partial charge in [-0.1, -0.05) is 32.1 Å². The molecule has 0 aromatic carbocycles. The number of nitrogens with one attached hydrogen (secondary N) is 2. The van der Waals surface area contributed by atoms with E-state index in [1.165, 1.54) is 51.5 Å². The van der Waals surface area contributed by atoms with Crippen molar-refractivity contribution < 1.29 is 4.74 Å². The fraction of sp³-hybridized carbons (Fsp3) is 1.00. The summed E-state index contributed by atoms with van der Waals surface area (Å²) in [7, 11) is 2.03. The maximum atomic E-state index is 5.67. The summed E-state index contributed by atoms with van der Waals surface area (Å²) in [4.78, 5) is 0. The highest BCUT2D eigenvalue weighted by atomic mass is 16.5. The van der Waals surface area contributed by atoms with Crippen molar-refractivity contribution in [2.24, 2.45) is 0 Å². The smallest absolute Gasteiger partial charge is 0.0700 e. The minimum Gasteiger partial charge on any atom is -0.376 e. The first kappa shape index (κ1) is 13.9. The van der Waals surface area contributed by atoms with Crippen molar-refractivity contribution in [3.8, 4) is 0 Å². The molecule has 3 nitrogen and oxygen atoms in total. The Kier molecular flexibility index (Phi) is 8.77. The monoisotopic (exact) mass is 228 g/mol. The van der Waals surface area contributed by atoms with Gasteiger partial charge in [0, 0.05) is 13.1 Å². The summed E-state index contributed by atoms with van der Waals surface area (Å²) in [6.07, 6.45) is 9.92. The van der Waals surface area contributed by atoms with E-state index in [0.717, 1.165) is 19.7 Å². The second kappa shape index (κ2) is 10.1. The minimum atomic E-state index is 0.484. The van der Waals surface area contributed by atoms with Crippen LogP contribution in [-0.2, 0) is 4.74 Å². The molecule has 1 aliphatic rings. The number of rotatable bonds is 9. The molecule has 0 aromatic rings. The van der Waals surface area contributed by atoms with E-state index in [2.05, 4.69) is 10.6 Å². The second-order valence-electron chi connectivity index (χ2n) is 4.71. The van der Waals surface area contributed by atoms with Gasteiger partial charge in [0.2, 0.25) is 0 Å². The molecule has 0 radical (unpaired) electrons. The first-order valence-electron chi connectivity index (χ1n) is 6.90. The Balaban J connectivity index is 1.77. The van der Waals surface area contributed by atoms with Crippen LogP contribution in [0.3, 0.4) is 0 Å². The first-order chi connectivity index (χ1) is 7.93. The van der Waals surface area contributed by atoms with Gasteiger partial charge in [-0.15, -0.1) is 0 Å². The van der Waals surface area contributed by atoms with Gasteiger partial charge in [0.1, 0.15) is 0 Å². The topological polar surface area (TPSA) is 33.3 Å². The molecule has 2 N–H and O–H groups in total. The molecule has 0 saturated carbocycles. The number of morpholine rings is 1. The van der Waals surface area contributed by atoms with Crippen LogP contribution in [0.15, 0.2) is 0 Å². The molecule has 16 heavy (non-hydrogen) atoms. The van der Waals surface area contributed by atoms with Crippen LogP contribution >= 0.6 is 0 Å². The molecule has 96 valence electrons. The quantitative estimate of drug-likeness (QED) is 0.592. The van der Waals surface area contributed by atoms with Crippen LogP contribution in [0.2, 0.25) is 0 Å². The standard InChI is InChI=1S/C13H28N2O/c1-14-9-7-5-3-2-4-6-8-13-12-15-10-11-16-13/h13-15H,2-12H2,1H3. The molecular formula is C13H28N2O. The summed E-state index contributed by atoms with van der Waals surface area (Å²) in [6.45, 7) is 4.15. The number of hydrogen-bond acceptors (Lipinski definition) is 3. The van der Waals surface area contributed by atoms with E-state index in [-0.39, 0.29) is 0 Å². The summed E-state index contributed by atoms with van der Waals surface area (Å²) in [6, 6.07) is 0. The largest absolute Gasteiger partial charge is 0.376 e. The average Bonchev–Trinajstić information content (AvgIpc) is 2.34. The third-order valence-electron chi connectivity index (χ3n) is 3.21. The molecule has 1 fully saturated rings.